The van der Waals surface area contributed by atoms with Gasteiger partial charge in [0.2, 0.25) is 0 Å². The highest BCUT2D eigenvalue weighted by atomic mass is 19.1. The Kier molecular flexibility index (Phi) is 2.09. The largest absolute Gasteiger partial charge is 0.316 e. The van der Waals surface area contributed by atoms with Crippen LogP contribution in [0.25, 0.3) is 0 Å². The van der Waals surface area contributed by atoms with Crippen molar-refractivity contribution in [2.45, 2.75) is 12.6 Å². The van der Waals surface area contributed by atoms with E-state index in [9.17, 15) is 4.39 Å². The lowest BCUT2D eigenvalue weighted by atomic mass is 9.80. The Morgan fingerprint density at radius 3 is 2.45 bits per heavy atom. The molecule has 0 aromatic heterocycles. The van der Waals surface area contributed by atoms with Gasteiger partial charge in [0.1, 0.15) is 6.17 Å². The molecule has 0 amide bonds. The molecule has 2 fully saturated rings. The molecule has 0 aromatic carbocycles. The summed E-state index contributed by atoms with van der Waals surface area (Å²) in [6.45, 7) is 3.64. The molecule has 2 atom stereocenters. The zero-order valence-electron chi connectivity index (χ0n) is 6.65. The van der Waals surface area contributed by atoms with Gasteiger partial charge in [-0.05, 0) is 37.9 Å². The predicted molar refractivity (Wildman–Crippen MR) is 42.2 cm³/mol. The van der Waals surface area contributed by atoms with Gasteiger partial charge in [0.15, 0.2) is 0 Å². The average Bonchev–Trinajstić information content (AvgIpc) is 1.90. The van der Waals surface area contributed by atoms with Crippen molar-refractivity contribution >= 4 is 0 Å². The van der Waals surface area contributed by atoms with Gasteiger partial charge in [-0.1, -0.05) is 0 Å². The van der Waals surface area contributed by atoms with E-state index in [2.05, 4.69) is 10.6 Å². The number of nitrogens with one attached hydrogen (secondary N) is 2. The molecule has 0 aliphatic carbocycles. The quantitative estimate of drug-likeness (QED) is 0.568. The van der Waals surface area contributed by atoms with Crippen molar-refractivity contribution in [3.63, 3.8) is 0 Å². The van der Waals surface area contributed by atoms with Crippen LogP contribution in [-0.4, -0.2) is 32.4 Å². The number of halogens is 1. The average molecular weight is 158 g/mol. The molecule has 3 heteroatoms. The van der Waals surface area contributed by atoms with Gasteiger partial charge in [0.25, 0.3) is 0 Å². The fourth-order valence-electron chi connectivity index (χ4n) is 1.99. The Balaban J connectivity index is 1.88. The van der Waals surface area contributed by atoms with Gasteiger partial charge in [-0.2, -0.15) is 0 Å². The lowest BCUT2D eigenvalue weighted by Gasteiger charge is -2.38. The van der Waals surface area contributed by atoms with Crippen molar-refractivity contribution in [3.05, 3.63) is 0 Å². The summed E-state index contributed by atoms with van der Waals surface area (Å²) in [6, 6.07) is 0. The molecule has 2 heterocycles. The van der Waals surface area contributed by atoms with Gasteiger partial charge in [-0.3, -0.25) is 0 Å². The molecular formula is C8H15FN2. The summed E-state index contributed by atoms with van der Waals surface area (Å²) in [5, 5.41) is 6.26. The Labute approximate surface area is 66.5 Å². The second kappa shape index (κ2) is 3.07. The topological polar surface area (TPSA) is 24.1 Å². The maximum atomic E-state index is 13.2. The van der Waals surface area contributed by atoms with Crippen LogP contribution in [0.4, 0.5) is 4.39 Å². The lowest BCUT2D eigenvalue weighted by molar-refractivity contribution is 0.0952. The van der Waals surface area contributed by atoms with Crippen LogP contribution in [0.3, 0.4) is 0 Å². The third-order valence-electron chi connectivity index (χ3n) is 2.88. The van der Waals surface area contributed by atoms with Crippen LogP contribution < -0.4 is 10.6 Å². The summed E-state index contributed by atoms with van der Waals surface area (Å²) in [7, 11) is 0. The first-order valence-electron chi connectivity index (χ1n) is 4.43. The maximum absolute atomic E-state index is 13.2. The molecule has 2 saturated heterocycles. The zero-order valence-corrected chi connectivity index (χ0v) is 6.65. The van der Waals surface area contributed by atoms with Crippen molar-refractivity contribution in [3.8, 4) is 0 Å². The van der Waals surface area contributed by atoms with Crippen LogP contribution in [0.5, 0.6) is 0 Å². The summed E-state index contributed by atoms with van der Waals surface area (Å²) >= 11 is 0. The van der Waals surface area contributed by atoms with Crippen LogP contribution >= 0.6 is 0 Å². The van der Waals surface area contributed by atoms with E-state index in [0.29, 0.717) is 18.4 Å². The van der Waals surface area contributed by atoms with Gasteiger partial charge in [0.05, 0.1) is 0 Å². The summed E-state index contributed by atoms with van der Waals surface area (Å²) in [4.78, 5) is 0. The number of piperidine rings is 1. The molecule has 64 valence electrons. The molecular weight excluding hydrogens is 143 g/mol. The van der Waals surface area contributed by atoms with E-state index in [0.717, 1.165) is 26.1 Å². The molecule has 2 aliphatic heterocycles. The third-order valence-corrected chi connectivity index (χ3v) is 2.88. The maximum Gasteiger partial charge on any atom is 0.116 e. The number of rotatable bonds is 1. The monoisotopic (exact) mass is 158 g/mol. The van der Waals surface area contributed by atoms with Gasteiger partial charge in [-0.25, -0.2) is 4.39 Å². The van der Waals surface area contributed by atoms with Crippen molar-refractivity contribution < 1.29 is 4.39 Å². The van der Waals surface area contributed by atoms with E-state index < -0.39 is 6.17 Å². The summed E-state index contributed by atoms with van der Waals surface area (Å²) < 4.78 is 13.2. The number of alkyl halides is 1. The molecule has 0 saturated carbocycles. The summed E-state index contributed by atoms with van der Waals surface area (Å²) in [5.74, 6) is 0.949. The first-order chi connectivity index (χ1) is 5.38. The molecule has 2 aliphatic rings. The minimum Gasteiger partial charge on any atom is -0.316 e. The molecule has 2 N–H and O–H groups in total. The van der Waals surface area contributed by atoms with Crippen LogP contribution in [0.15, 0.2) is 0 Å². The van der Waals surface area contributed by atoms with E-state index in [-0.39, 0.29) is 0 Å². The van der Waals surface area contributed by atoms with E-state index in [1.807, 2.05) is 0 Å². The number of hydrogen-bond acceptors (Lipinski definition) is 2. The fraction of sp³-hybridized carbons (Fsp3) is 1.00. The highest BCUT2D eigenvalue weighted by Gasteiger charge is 2.34. The molecule has 2 nitrogen and oxygen atoms in total. The predicted octanol–water partition coefficient (Wildman–Crippen LogP) is 0.153. The van der Waals surface area contributed by atoms with Crippen molar-refractivity contribution in [1.82, 2.24) is 10.6 Å². The molecule has 0 aromatic rings. The highest BCUT2D eigenvalue weighted by Crippen LogP contribution is 2.26. The van der Waals surface area contributed by atoms with E-state index in [1.165, 1.54) is 0 Å². The molecule has 2 rings (SSSR count). The third kappa shape index (κ3) is 1.40. The smallest absolute Gasteiger partial charge is 0.116 e. The van der Waals surface area contributed by atoms with Crippen LogP contribution in [0.1, 0.15) is 6.42 Å². The molecule has 0 bridgehead atoms. The van der Waals surface area contributed by atoms with E-state index >= 15 is 0 Å². The van der Waals surface area contributed by atoms with Gasteiger partial charge in [-0.15, -0.1) is 0 Å². The standard InChI is InChI=1S/C8H15FN2/c9-8-5-10-2-1-7(8)6-3-11-4-6/h6-8,10-11H,1-5H2/t7-,8-/m0/s1. The number of hydrogen-bond donors (Lipinski definition) is 2. The Morgan fingerprint density at radius 2 is 1.91 bits per heavy atom. The Hall–Kier alpha value is -0.150. The normalized spacial score (nSPS) is 40.1. The molecule has 0 unspecified atom stereocenters. The van der Waals surface area contributed by atoms with Gasteiger partial charge < -0.3 is 10.6 Å². The van der Waals surface area contributed by atoms with Crippen molar-refractivity contribution in [2.24, 2.45) is 11.8 Å². The van der Waals surface area contributed by atoms with Crippen LogP contribution in [-0.2, 0) is 0 Å². The molecule has 0 radical (unpaired) electrons. The molecule has 11 heavy (non-hydrogen) atoms. The van der Waals surface area contributed by atoms with E-state index in [4.69, 9.17) is 0 Å². The van der Waals surface area contributed by atoms with Crippen LogP contribution in [0, 0.1) is 11.8 Å². The Morgan fingerprint density at radius 1 is 1.09 bits per heavy atom. The summed E-state index contributed by atoms with van der Waals surface area (Å²) in [6.07, 6.45) is 0.420. The van der Waals surface area contributed by atoms with Gasteiger partial charge in [0, 0.05) is 6.54 Å². The van der Waals surface area contributed by atoms with Crippen molar-refractivity contribution in [1.29, 1.82) is 0 Å². The SMILES string of the molecule is F[C@H]1CNCC[C@H]1C1CNC1. The zero-order chi connectivity index (χ0) is 7.68. The highest BCUT2D eigenvalue weighted by molar-refractivity contribution is 4.89. The lowest BCUT2D eigenvalue weighted by Crippen LogP contribution is -2.52. The first-order valence-corrected chi connectivity index (χ1v) is 4.43. The second-order valence-corrected chi connectivity index (χ2v) is 3.59. The van der Waals surface area contributed by atoms with Crippen LogP contribution in [0.2, 0.25) is 0 Å². The molecule has 0 spiro atoms. The first kappa shape index (κ1) is 7.50. The van der Waals surface area contributed by atoms with Gasteiger partial charge >= 0.3 is 0 Å². The van der Waals surface area contributed by atoms with E-state index in [1.54, 1.807) is 0 Å². The Bertz CT molecular complexity index is 134. The van der Waals surface area contributed by atoms with Crippen molar-refractivity contribution in [2.75, 3.05) is 26.2 Å². The summed E-state index contributed by atoms with van der Waals surface area (Å²) in [5.41, 5.74) is 0. The minimum atomic E-state index is -0.601. The second-order valence-electron chi connectivity index (χ2n) is 3.59. The fourth-order valence-corrected chi connectivity index (χ4v) is 1.99. The minimum absolute atomic E-state index is 0.331.